The first-order valence-electron chi connectivity index (χ1n) is 7.26. The number of nitriles is 1. The van der Waals surface area contributed by atoms with Crippen LogP contribution in [0.5, 0.6) is 0 Å². The summed E-state index contributed by atoms with van der Waals surface area (Å²) < 4.78 is 28.0. The average Bonchev–Trinajstić information content (AvgIpc) is 3.07. The highest BCUT2D eigenvalue weighted by Gasteiger charge is 2.11. The number of thiophene rings is 1. The molecule has 0 radical (unpaired) electrons. The lowest BCUT2D eigenvalue weighted by Gasteiger charge is -2.08. The average molecular weight is 421 g/mol. The molecule has 0 fully saturated rings. The van der Waals surface area contributed by atoms with Crippen molar-refractivity contribution in [2.45, 2.75) is 6.42 Å². The first-order valence-corrected chi connectivity index (χ1v) is 8.87. The number of rotatable bonds is 5. The second kappa shape index (κ2) is 7.68. The van der Waals surface area contributed by atoms with Crippen molar-refractivity contribution in [3.63, 3.8) is 0 Å². The topological polar surface area (TPSA) is 61.6 Å². The highest BCUT2D eigenvalue weighted by molar-refractivity contribution is 9.10. The van der Waals surface area contributed by atoms with Gasteiger partial charge in [0.2, 0.25) is 0 Å². The molecular formula is C17H11BrF2N4S. The highest BCUT2D eigenvalue weighted by atomic mass is 79.9. The van der Waals surface area contributed by atoms with E-state index in [-0.39, 0.29) is 12.0 Å². The number of halogens is 3. The Morgan fingerprint density at radius 2 is 1.92 bits per heavy atom. The number of hydrogen-bond acceptors (Lipinski definition) is 5. The lowest BCUT2D eigenvalue weighted by Crippen LogP contribution is -2.09. The van der Waals surface area contributed by atoms with Crippen LogP contribution in [0.2, 0.25) is 0 Å². The zero-order chi connectivity index (χ0) is 17.8. The van der Waals surface area contributed by atoms with E-state index >= 15 is 0 Å². The Labute approximate surface area is 155 Å². The maximum Gasteiger partial charge on any atom is 0.130 e. The molecule has 2 heterocycles. The first kappa shape index (κ1) is 17.5. The summed E-state index contributed by atoms with van der Waals surface area (Å²) >= 11 is 4.40. The third kappa shape index (κ3) is 4.18. The smallest absolute Gasteiger partial charge is 0.130 e. The van der Waals surface area contributed by atoms with Gasteiger partial charge in [0.15, 0.2) is 0 Å². The van der Waals surface area contributed by atoms with Crippen molar-refractivity contribution in [1.29, 1.82) is 5.26 Å². The van der Waals surface area contributed by atoms with Crippen LogP contribution in [0.25, 0.3) is 10.6 Å². The molecule has 3 rings (SSSR count). The van der Waals surface area contributed by atoms with Gasteiger partial charge < -0.3 is 5.32 Å². The molecule has 0 atom stereocenters. The Morgan fingerprint density at radius 3 is 2.60 bits per heavy atom. The fraction of sp³-hybridized carbons (Fsp3) is 0.118. The van der Waals surface area contributed by atoms with Crippen molar-refractivity contribution in [3.05, 3.63) is 63.2 Å². The molecule has 0 bridgehead atoms. The number of nitrogens with zero attached hydrogens (tertiary/aromatic N) is 3. The van der Waals surface area contributed by atoms with Crippen LogP contribution in [-0.2, 0) is 6.42 Å². The van der Waals surface area contributed by atoms with E-state index in [9.17, 15) is 8.78 Å². The lowest BCUT2D eigenvalue weighted by molar-refractivity contribution is 0.555. The SMILES string of the molecule is N#Cc1ccc(-c2cc(NCCc3c(F)cc(Br)cc3F)ncn2)s1. The van der Waals surface area contributed by atoms with E-state index < -0.39 is 11.6 Å². The fourth-order valence-corrected chi connectivity index (χ4v) is 3.42. The van der Waals surface area contributed by atoms with E-state index in [0.29, 0.717) is 27.4 Å². The normalized spacial score (nSPS) is 10.5. The minimum absolute atomic E-state index is 0.0295. The van der Waals surface area contributed by atoms with Crippen molar-refractivity contribution in [3.8, 4) is 16.6 Å². The molecule has 0 unspecified atom stereocenters. The van der Waals surface area contributed by atoms with Crippen molar-refractivity contribution in [2.24, 2.45) is 0 Å². The Bertz CT molecular complexity index is 929. The standard InChI is InChI=1S/C17H11BrF2N4S/c18-10-5-13(19)12(14(20)6-10)3-4-22-17-7-15(23-9-24-17)16-2-1-11(8-21)25-16/h1-2,5-7,9H,3-4H2,(H,22,23,24). The quantitative estimate of drug-likeness (QED) is 0.645. The predicted molar refractivity (Wildman–Crippen MR) is 96.3 cm³/mol. The molecule has 3 aromatic rings. The Balaban J connectivity index is 1.68. The third-order valence-corrected chi connectivity index (χ3v) is 4.89. The predicted octanol–water partition coefficient (Wildman–Crippen LogP) is 4.77. The summed E-state index contributed by atoms with van der Waals surface area (Å²) in [5.41, 5.74) is 0.715. The molecule has 0 saturated heterocycles. The van der Waals surface area contributed by atoms with Gasteiger partial charge in [0.1, 0.15) is 34.7 Å². The molecule has 1 N–H and O–H groups in total. The minimum atomic E-state index is -0.584. The number of aromatic nitrogens is 2. The number of anilines is 1. The van der Waals surface area contributed by atoms with Crippen LogP contribution in [-0.4, -0.2) is 16.5 Å². The molecule has 0 aliphatic carbocycles. The summed E-state index contributed by atoms with van der Waals surface area (Å²) in [6.45, 7) is 0.319. The van der Waals surface area contributed by atoms with Gasteiger partial charge >= 0.3 is 0 Å². The van der Waals surface area contributed by atoms with Crippen molar-refractivity contribution < 1.29 is 8.78 Å². The van der Waals surface area contributed by atoms with Crippen LogP contribution in [0.15, 0.2) is 41.1 Å². The van der Waals surface area contributed by atoms with Gasteiger partial charge in [0, 0.05) is 22.6 Å². The zero-order valence-electron chi connectivity index (χ0n) is 12.8. The van der Waals surface area contributed by atoms with Crippen LogP contribution in [0.4, 0.5) is 14.6 Å². The number of hydrogen-bond donors (Lipinski definition) is 1. The molecule has 0 aliphatic heterocycles. The van der Waals surface area contributed by atoms with Gasteiger partial charge in [-0.05, 0) is 30.7 Å². The maximum absolute atomic E-state index is 13.8. The summed E-state index contributed by atoms with van der Waals surface area (Å²) in [6, 6.07) is 9.85. The summed E-state index contributed by atoms with van der Waals surface area (Å²) in [5.74, 6) is -0.617. The molecule has 0 aliphatic rings. The number of benzene rings is 1. The van der Waals surface area contributed by atoms with Crippen LogP contribution in [0.1, 0.15) is 10.4 Å². The Morgan fingerprint density at radius 1 is 1.16 bits per heavy atom. The van der Waals surface area contributed by atoms with Crippen molar-refractivity contribution in [1.82, 2.24) is 9.97 Å². The molecule has 2 aromatic heterocycles. The van der Waals surface area contributed by atoms with Gasteiger partial charge in [0.05, 0.1) is 10.6 Å². The summed E-state index contributed by atoms with van der Waals surface area (Å²) in [6.07, 6.45) is 1.59. The summed E-state index contributed by atoms with van der Waals surface area (Å²) in [4.78, 5) is 9.75. The molecule has 1 aromatic carbocycles. The van der Waals surface area contributed by atoms with E-state index in [1.165, 1.54) is 29.8 Å². The molecule has 8 heteroatoms. The lowest BCUT2D eigenvalue weighted by atomic mass is 10.1. The second-order valence-electron chi connectivity index (χ2n) is 5.09. The Hall–Kier alpha value is -2.37. The zero-order valence-corrected chi connectivity index (χ0v) is 15.2. The molecular weight excluding hydrogens is 410 g/mol. The van der Waals surface area contributed by atoms with E-state index in [4.69, 9.17) is 5.26 Å². The van der Waals surface area contributed by atoms with Crippen LogP contribution in [0, 0.1) is 23.0 Å². The van der Waals surface area contributed by atoms with E-state index in [1.54, 1.807) is 12.1 Å². The van der Waals surface area contributed by atoms with Crippen LogP contribution in [0.3, 0.4) is 0 Å². The van der Waals surface area contributed by atoms with E-state index in [0.717, 1.165) is 4.88 Å². The Kier molecular flexibility index (Phi) is 5.36. The van der Waals surface area contributed by atoms with Crippen molar-refractivity contribution >= 4 is 33.1 Å². The summed E-state index contributed by atoms with van der Waals surface area (Å²) in [7, 11) is 0. The minimum Gasteiger partial charge on any atom is -0.370 e. The van der Waals surface area contributed by atoms with Gasteiger partial charge in [-0.2, -0.15) is 5.26 Å². The molecule has 126 valence electrons. The molecule has 4 nitrogen and oxygen atoms in total. The van der Waals surface area contributed by atoms with Gasteiger partial charge in [0.25, 0.3) is 0 Å². The number of nitrogens with one attached hydrogen (secondary N) is 1. The molecule has 25 heavy (non-hydrogen) atoms. The first-order chi connectivity index (χ1) is 12.1. The monoisotopic (exact) mass is 420 g/mol. The maximum atomic E-state index is 13.8. The van der Waals surface area contributed by atoms with Crippen LogP contribution < -0.4 is 5.32 Å². The van der Waals surface area contributed by atoms with Gasteiger partial charge in [-0.3, -0.25) is 0 Å². The van der Waals surface area contributed by atoms with Gasteiger partial charge in [-0.25, -0.2) is 18.7 Å². The van der Waals surface area contributed by atoms with E-state index in [1.807, 2.05) is 6.07 Å². The van der Waals surface area contributed by atoms with Gasteiger partial charge in [-0.1, -0.05) is 15.9 Å². The summed E-state index contributed by atoms with van der Waals surface area (Å²) in [5, 5.41) is 11.9. The van der Waals surface area contributed by atoms with Crippen LogP contribution >= 0.6 is 27.3 Å². The third-order valence-electron chi connectivity index (χ3n) is 3.42. The molecule has 0 saturated carbocycles. The second-order valence-corrected chi connectivity index (χ2v) is 7.09. The molecule has 0 amide bonds. The largest absolute Gasteiger partial charge is 0.370 e. The van der Waals surface area contributed by atoms with Crippen molar-refractivity contribution in [2.75, 3.05) is 11.9 Å². The fourth-order valence-electron chi connectivity index (χ4n) is 2.25. The van der Waals surface area contributed by atoms with Gasteiger partial charge in [-0.15, -0.1) is 11.3 Å². The van der Waals surface area contributed by atoms with E-state index in [2.05, 4.69) is 37.3 Å². The molecule has 0 spiro atoms. The highest BCUT2D eigenvalue weighted by Crippen LogP contribution is 2.27.